The zero-order valence-electron chi connectivity index (χ0n) is 10.3. The minimum Gasteiger partial charge on any atom is -0.334 e. The lowest BCUT2D eigenvalue weighted by Crippen LogP contribution is -2.48. The monoisotopic (exact) mass is 252 g/mol. The molecule has 1 saturated heterocycles. The highest BCUT2D eigenvalue weighted by molar-refractivity contribution is 7.07. The molecule has 1 aliphatic heterocycles. The highest BCUT2D eigenvalue weighted by Crippen LogP contribution is 2.19. The van der Waals surface area contributed by atoms with Gasteiger partial charge in [0.15, 0.2) is 0 Å². The van der Waals surface area contributed by atoms with Crippen LogP contribution in [0.1, 0.15) is 38.2 Å². The van der Waals surface area contributed by atoms with E-state index in [4.69, 9.17) is 0 Å². The molecule has 3 nitrogen and oxygen atoms in total. The molecule has 0 radical (unpaired) electrons. The van der Waals surface area contributed by atoms with E-state index in [2.05, 4.69) is 23.7 Å². The fourth-order valence-corrected chi connectivity index (χ4v) is 3.03. The SMILES string of the molecule is CCC1CCCCN1C(=O)NCc1ccsc1. The van der Waals surface area contributed by atoms with Crippen molar-refractivity contribution in [1.29, 1.82) is 0 Å². The Balaban J connectivity index is 1.85. The van der Waals surface area contributed by atoms with Crippen LogP contribution >= 0.6 is 11.3 Å². The minimum atomic E-state index is 0.0998. The van der Waals surface area contributed by atoms with Gasteiger partial charge in [-0.3, -0.25) is 0 Å². The van der Waals surface area contributed by atoms with Crippen molar-refractivity contribution >= 4 is 17.4 Å². The van der Waals surface area contributed by atoms with Crippen LogP contribution < -0.4 is 5.32 Å². The van der Waals surface area contributed by atoms with Crippen LogP contribution in [-0.4, -0.2) is 23.5 Å². The molecule has 1 fully saturated rings. The van der Waals surface area contributed by atoms with Crippen molar-refractivity contribution in [3.8, 4) is 0 Å². The highest BCUT2D eigenvalue weighted by atomic mass is 32.1. The first-order valence-corrected chi connectivity index (χ1v) is 7.31. The average molecular weight is 252 g/mol. The second kappa shape index (κ2) is 6.05. The second-order valence-electron chi connectivity index (χ2n) is 4.54. The molecule has 1 unspecified atom stereocenters. The lowest BCUT2D eigenvalue weighted by Gasteiger charge is -2.35. The Kier molecular flexibility index (Phi) is 4.42. The van der Waals surface area contributed by atoms with Crippen molar-refractivity contribution in [2.45, 2.75) is 45.2 Å². The van der Waals surface area contributed by atoms with Gasteiger partial charge >= 0.3 is 6.03 Å². The van der Waals surface area contributed by atoms with Gasteiger partial charge in [-0.2, -0.15) is 11.3 Å². The maximum atomic E-state index is 12.1. The molecule has 1 aromatic rings. The second-order valence-corrected chi connectivity index (χ2v) is 5.32. The van der Waals surface area contributed by atoms with E-state index in [1.54, 1.807) is 11.3 Å². The van der Waals surface area contributed by atoms with Crippen molar-refractivity contribution in [3.05, 3.63) is 22.4 Å². The summed E-state index contributed by atoms with van der Waals surface area (Å²) >= 11 is 1.67. The number of hydrogen-bond acceptors (Lipinski definition) is 2. The van der Waals surface area contributed by atoms with Gasteiger partial charge in [-0.15, -0.1) is 0 Å². The molecule has 0 aliphatic carbocycles. The zero-order valence-corrected chi connectivity index (χ0v) is 11.1. The number of likely N-dealkylation sites (tertiary alicyclic amines) is 1. The first-order valence-electron chi connectivity index (χ1n) is 6.36. The largest absolute Gasteiger partial charge is 0.334 e. The van der Waals surface area contributed by atoms with Crippen LogP contribution in [-0.2, 0) is 6.54 Å². The van der Waals surface area contributed by atoms with E-state index in [1.165, 1.54) is 12.0 Å². The fourth-order valence-electron chi connectivity index (χ4n) is 2.36. The lowest BCUT2D eigenvalue weighted by molar-refractivity contribution is 0.148. The molecule has 4 heteroatoms. The van der Waals surface area contributed by atoms with Gasteiger partial charge in [0.25, 0.3) is 0 Å². The van der Waals surface area contributed by atoms with E-state index in [1.807, 2.05) is 10.3 Å². The molecule has 1 aromatic heterocycles. The van der Waals surface area contributed by atoms with Crippen molar-refractivity contribution in [2.24, 2.45) is 0 Å². The number of nitrogens with one attached hydrogen (secondary N) is 1. The molecule has 1 atom stereocenters. The Morgan fingerprint density at radius 1 is 1.59 bits per heavy atom. The number of hydrogen-bond donors (Lipinski definition) is 1. The van der Waals surface area contributed by atoms with Gasteiger partial charge in [-0.1, -0.05) is 6.92 Å². The number of nitrogens with zero attached hydrogens (tertiary/aromatic N) is 1. The number of urea groups is 1. The summed E-state index contributed by atoms with van der Waals surface area (Å²) in [5.41, 5.74) is 1.19. The van der Waals surface area contributed by atoms with Crippen LogP contribution in [0.2, 0.25) is 0 Å². The van der Waals surface area contributed by atoms with Crippen molar-refractivity contribution in [2.75, 3.05) is 6.54 Å². The molecule has 1 aliphatic rings. The predicted octanol–water partition coefficient (Wildman–Crippen LogP) is 3.22. The van der Waals surface area contributed by atoms with Crippen LogP contribution in [0.4, 0.5) is 4.79 Å². The quantitative estimate of drug-likeness (QED) is 0.880. The Morgan fingerprint density at radius 2 is 2.47 bits per heavy atom. The molecule has 1 N–H and O–H groups in total. The number of rotatable bonds is 3. The number of amides is 2. The van der Waals surface area contributed by atoms with Gasteiger partial charge in [-0.25, -0.2) is 4.79 Å². The molecular weight excluding hydrogens is 232 g/mol. The third-order valence-corrected chi connectivity index (χ3v) is 4.12. The first-order chi connectivity index (χ1) is 8.31. The zero-order chi connectivity index (χ0) is 12.1. The summed E-state index contributed by atoms with van der Waals surface area (Å²) in [6, 6.07) is 2.59. The van der Waals surface area contributed by atoms with Crippen LogP contribution in [0, 0.1) is 0 Å². The van der Waals surface area contributed by atoms with E-state index in [-0.39, 0.29) is 6.03 Å². The summed E-state index contributed by atoms with van der Waals surface area (Å²) in [6.07, 6.45) is 4.61. The van der Waals surface area contributed by atoms with Crippen LogP contribution in [0.15, 0.2) is 16.8 Å². The summed E-state index contributed by atoms with van der Waals surface area (Å²) < 4.78 is 0. The van der Waals surface area contributed by atoms with Crippen molar-refractivity contribution in [1.82, 2.24) is 10.2 Å². The third-order valence-electron chi connectivity index (χ3n) is 3.38. The van der Waals surface area contributed by atoms with Gasteiger partial charge in [-0.05, 0) is 48.1 Å². The highest BCUT2D eigenvalue weighted by Gasteiger charge is 2.24. The molecule has 0 bridgehead atoms. The molecular formula is C13H20N2OS. The number of thiophene rings is 1. The standard InChI is InChI=1S/C13H20N2OS/c1-2-12-5-3-4-7-15(12)13(16)14-9-11-6-8-17-10-11/h6,8,10,12H,2-5,7,9H2,1H3,(H,14,16). The Morgan fingerprint density at radius 3 is 3.18 bits per heavy atom. The van der Waals surface area contributed by atoms with E-state index < -0.39 is 0 Å². The summed E-state index contributed by atoms with van der Waals surface area (Å²) in [5, 5.41) is 7.13. The van der Waals surface area contributed by atoms with Crippen LogP contribution in [0.5, 0.6) is 0 Å². The number of carbonyl (C=O) groups is 1. The normalized spacial score (nSPS) is 20.3. The van der Waals surface area contributed by atoms with Crippen LogP contribution in [0.3, 0.4) is 0 Å². The smallest absolute Gasteiger partial charge is 0.317 e. The minimum absolute atomic E-state index is 0.0998. The number of piperidine rings is 1. The number of carbonyl (C=O) groups excluding carboxylic acids is 1. The molecule has 94 valence electrons. The van der Waals surface area contributed by atoms with Crippen molar-refractivity contribution < 1.29 is 4.79 Å². The Hall–Kier alpha value is -1.03. The summed E-state index contributed by atoms with van der Waals surface area (Å²) in [6.45, 7) is 3.72. The molecule has 0 saturated carbocycles. The molecule has 0 aromatic carbocycles. The topological polar surface area (TPSA) is 32.3 Å². The van der Waals surface area contributed by atoms with E-state index in [9.17, 15) is 4.79 Å². The average Bonchev–Trinajstić information content (AvgIpc) is 2.89. The Bertz CT molecular complexity index is 350. The van der Waals surface area contributed by atoms with Crippen molar-refractivity contribution in [3.63, 3.8) is 0 Å². The van der Waals surface area contributed by atoms with Crippen LogP contribution in [0.25, 0.3) is 0 Å². The maximum Gasteiger partial charge on any atom is 0.317 e. The summed E-state index contributed by atoms with van der Waals surface area (Å²) in [7, 11) is 0. The van der Waals surface area contributed by atoms with E-state index >= 15 is 0 Å². The van der Waals surface area contributed by atoms with Gasteiger partial charge in [0.05, 0.1) is 0 Å². The molecule has 2 rings (SSSR count). The Labute approximate surface area is 107 Å². The maximum absolute atomic E-state index is 12.1. The summed E-state index contributed by atoms with van der Waals surface area (Å²) in [5.74, 6) is 0. The molecule has 0 spiro atoms. The third kappa shape index (κ3) is 3.22. The lowest BCUT2D eigenvalue weighted by atomic mass is 10.0. The predicted molar refractivity (Wildman–Crippen MR) is 71.2 cm³/mol. The van der Waals surface area contributed by atoms with E-state index in [0.29, 0.717) is 12.6 Å². The summed E-state index contributed by atoms with van der Waals surface area (Å²) in [4.78, 5) is 14.1. The van der Waals surface area contributed by atoms with Gasteiger partial charge in [0.1, 0.15) is 0 Å². The van der Waals surface area contributed by atoms with E-state index in [0.717, 1.165) is 25.8 Å². The van der Waals surface area contributed by atoms with Gasteiger partial charge in [0, 0.05) is 19.1 Å². The molecule has 17 heavy (non-hydrogen) atoms. The first kappa shape index (κ1) is 12.4. The van der Waals surface area contributed by atoms with Gasteiger partial charge in [0.2, 0.25) is 0 Å². The molecule has 2 heterocycles. The van der Waals surface area contributed by atoms with Gasteiger partial charge < -0.3 is 10.2 Å². The fraction of sp³-hybridized carbons (Fsp3) is 0.615. The molecule has 2 amide bonds.